The molecule has 4 atom stereocenters. The van der Waals surface area contributed by atoms with E-state index in [1.807, 2.05) is 12.3 Å². The third-order valence-corrected chi connectivity index (χ3v) is 7.38. The molecule has 0 spiro atoms. The lowest BCUT2D eigenvalue weighted by molar-refractivity contribution is -0.123. The molecule has 0 fully saturated rings. The van der Waals surface area contributed by atoms with E-state index in [-0.39, 0.29) is 23.4 Å². The maximum absolute atomic E-state index is 12.6. The summed E-state index contributed by atoms with van der Waals surface area (Å²) >= 11 is 6.45. The first-order valence-corrected chi connectivity index (χ1v) is 13.1. The largest absolute Gasteiger partial charge is 0.299 e. The van der Waals surface area contributed by atoms with E-state index < -0.39 is 15.8 Å². The predicted octanol–water partition coefficient (Wildman–Crippen LogP) is 4.51. The number of pyridine rings is 1. The van der Waals surface area contributed by atoms with Crippen LogP contribution in [0.2, 0.25) is 0 Å². The van der Waals surface area contributed by atoms with Crippen molar-refractivity contribution in [2.75, 3.05) is 18.6 Å². The Hall–Kier alpha value is -1.53. The van der Waals surface area contributed by atoms with Crippen LogP contribution in [0.1, 0.15) is 45.6 Å². The zero-order valence-corrected chi connectivity index (χ0v) is 19.9. The highest BCUT2D eigenvalue weighted by Gasteiger charge is 2.29. The van der Waals surface area contributed by atoms with Gasteiger partial charge in [-0.15, -0.1) is 0 Å². The van der Waals surface area contributed by atoms with Gasteiger partial charge in [-0.2, -0.15) is 0 Å². The lowest BCUT2D eigenvalue weighted by Crippen LogP contribution is -2.27. The minimum Gasteiger partial charge on any atom is -0.299 e. The molecule has 2 heterocycles. The van der Waals surface area contributed by atoms with Gasteiger partial charge in [0.25, 0.3) is 0 Å². The fraction of sp³-hybridized carbons (Fsp3) is 0.609. The van der Waals surface area contributed by atoms with Crippen LogP contribution in [0.25, 0.3) is 0 Å². The first kappa shape index (κ1) is 24.7. The number of hydrogen-bond donors (Lipinski definition) is 0. The second kappa shape index (κ2) is 11.2. The van der Waals surface area contributed by atoms with Gasteiger partial charge in [0.1, 0.15) is 20.8 Å². The summed E-state index contributed by atoms with van der Waals surface area (Å²) in [5.74, 6) is -0.0939. The highest BCUT2D eigenvalue weighted by Crippen LogP contribution is 2.33. The van der Waals surface area contributed by atoms with Gasteiger partial charge in [-0.25, -0.2) is 8.42 Å². The summed E-state index contributed by atoms with van der Waals surface area (Å²) in [6.07, 6.45) is 10.1. The molecule has 2 rings (SSSR count). The minimum atomic E-state index is -3.17. The third-order valence-electron chi connectivity index (χ3n) is 5.93. The number of halogens is 1. The number of carbonyl (C=O) groups is 1. The summed E-state index contributed by atoms with van der Waals surface area (Å²) in [4.78, 5) is 21.3. The number of aryl methyl sites for hydroxylation is 1. The van der Waals surface area contributed by atoms with Crippen LogP contribution in [-0.4, -0.2) is 42.9 Å². The molecule has 0 bridgehead atoms. The molecule has 1 aromatic rings. The quantitative estimate of drug-likeness (QED) is 0.495. The number of carbonyl (C=O) groups excluding carboxylic acids is 1. The number of nitrogens with zero attached hydrogens (tertiary/aromatic N) is 2. The van der Waals surface area contributed by atoms with Crippen molar-refractivity contribution in [3.05, 3.63) is 41.7 Å². The van der Waals surface area contributed by atoms with E-state index in [9.17, 15) is 13.2 Å². The van der Waals surface area contributed by atoms with E-state index in [0.29, 0.717) is 24.1 Å². The highest BCUT2D eigenvalue weighted by molar-refractivity contribution is 7.90. The molecule has 1 aliphatic rings. The first-order valence-electron chi connectivity index (χ1n) is 10.6. The Balaban J connectivity index is 2.04. The fourth-order valence-electron chi connectivity index (χ4n) is 4.01. The molecule has 0 aromatic carbocycles. The molecule has 0 saturated heterocycles. The zero-order valence-electron chi connectivity index (χ0n) is 18.3. The normalized spacial score (nSPS) is 20.1. The van der Waals surface area contributed by atoms with E-state index >= 15 is 0 Å². The molecule has 1 aliphatic heterocycles. The number of hydrogen-bond acceptors (Lipinski definition) is 5. The van der Waals surface area contributed by atoms with Crippen LogP contribution in [-0.2, 0) is 21.1 Å². The van der Waals surface area contributed by atoms with E-state index in [2.05, 4.69) is 36.0 Å². The van der Waals surface area contributed by atoms with Gasteiger partial charge in [0.2, 0.25) is 0 Å². The summed E-state index contributed by atoms with van der Waals surface area (Å²) in [5, 5.41) is 0.537. The Morgan fingerprint density at radius 1 is 1.33 bits per heavy atom. The van der Waals surface area contributed by atoms with Gasteiger partial charge in [0.05, 0.1) is 5.75 Å². The molecule has 166 valence electrons. The van der Waals surface area contributed by atoms with Gasteiger partial charge in [0, 0.05) is 37.5 Å². The number of dihydropyridines is 1. The molecule has 0 amide bonds. The van der Waals surface area contributed by atoms with E-state index in [0.717, 1.165) is 24.8 Å². The van der Waals surface area contributed by atoms with Crippen LogP contribution < -0.4 is 0 Å². The SMILES string of the molecule is CCC(CC(=O)C(C)CS(C)(=O)=O)C(C)C1=CC(CCc2cccnc2)CN=C1Cl. The van der Waals surface area contributed by atoms with Crippen LogP contribution in [0.15, 0.2) is 41.2 Å². The lowest BCUT2D eigenvalue weighted by atomic mass is 9.79. The number of aliphatic imine (C=N–C) groups is 1. The van der Waals surface area contributed by atoms with Gasteiger partial charge in [-0.3, -0.25) is 14.8 Å². The Bertz CT molecular complexity index is 881. The summed E-state index contributed by atoms with van der Waals surface area (Å²) in [6, 6.07) is 4.03. The molecular formula is C23H33ClN2O3S. The molecule has 0 N–H and O–H groups in total. The fourth-order valence-corrected chi connectivity index (χ4v) is 5.41. The minimum absolute atomic E-state index is 0.00303. The van der Waals surface area contributed by atoms with Gasteiger partial charge in [-0.1, -0.05) is 50.9 Å². The van der Waals surface area contributed by atoms with Gasteiger partial charge < -0.3 is 0 Å². The number of allylic oxidation sites excluding steroid dienone is 1. The number of aromatic nitrogens is 1. The van der Waals surface area contributed by atoms with Crippen molar-refractivity contribution in [3.8, 4) is 0 Å². The standard InChI is InChI=1S/C23H33ClN2O3S/c1-5-20(12-22(27)16(2)15-30(4,28)29)17(3)21-11-19(14-26-23(21)24)9-8-18-7-6-10-25-13-18/h6-7,10-11,13,16-17,19-20H,5,8-9,12,14-15H2,1-4H3. The third kappa shape index (κ3) is 7.62. The lowest BCUT2D eigenvalue weighted by Gasteiger charge is -2.28. The van der Waals surface area contributed by atoms with Gasteiger partial charge >= 0.3 is 0 Å². The average molecular weight is 453 g/mol. The maximum atomic E-state index is 12.6. The molecule has 4 unspecified atom stereocenters. The van der Waals surface area contributed by atoms with Crippen LogP contribution in [0.4, 0.5) is 0 Å². The van der Waals surface area contributed by atoms with E-state index in [4.69, 9.17) is 11.6 Å². The average Bonchev–Trinajstić information content (AvgIpc) is 2.70. The Kier molecular flexibility index (Phi) is 9.23. The molecule has 0 radical (unpaired) electrons. The highest BCUT2D eigenvalue weighted by atomic mass is 35.5. The first-order chi connectivity index (χ1) is 14.1. The van der Waals surface area contributed by atoms with Crippen molar-refractivity contribution in [2.45, 2.75) is 46.5 Å². The second-order valence-electron chi connectivity index (χ2n) is 8.53. The van der Waals surface area contributed by atoms with E-state index in [1.54, 1.807) is 13.1 Å². The molecule has 5 nitrogen and oxygen atoms in total. The molecule has 1 aromatic heterocycles. The monoisotopic (exact) mass is 452 g/mol. The van der Waals surface area contributed by atoms with Gasteiger partial charge in [-0.05, 0) is 47.8 Å². The van der Waals surface area contributed by atoms with Crippen LogP contribution >= 0.6 is 11.6 Å². The Labute approximate surface area is 186 Å². The van der Waals surface area contributed by atoms with E-state index in [1.165, 1.54) is 11.8 Å². The van der Waals surface area contributed by atoms with Gasteiger partial charge in [0.15, 0.2) is 0 Å². The van der Waals surface area contributed by atoms with Crippen molar-refractivity contribution in [2.24, 2.45) is 28.7 Å². The molecule has 0 aliphatic carbocycles. The number of sulfone groups is 1. The summed E-state index contributed by atoms with van der Waals surface area (Å²) in [6.45, 7) is 6.53. The van der Waals surface area contributed by atoms with Crippen LogP contribution in [0.5, 0.6) is 0 Å². The van der Waals surface area contributed by atoms with Crippen molar-refractivity contribution in [1.82, 2.24) is 4.98 Å². The van der Waals surface area contributed by atoms with Crippen molar-refractivity contribution in [3.63, 3.8) is 0 Å². The van der Waals surface area contributed by atoms with Crippen LogP contribution in [0.3, 0.4) is 0 Å². The smallest absolute Gasteiger partial charge is 0.148 e. The molecule has 0 saturated carbocycles. The predicted molar refractivity (Wildman–Crippen MR) is 124 cm³/mol. The molecule has 7 heteroatoms. The topological polar surface area (TPSA) is 76.5 Å². The van der Waals surface area contributed by atoms with Crippen molar-refractivity contribution in [1.29, 1.82) is 0 Å². The number of Topliss-reactive ketones (excluding diaryl/α,β-unsaturated/α-hetero) is 1. The van der Waals surface area contributed by atoms with Crippen molar-refractivity contribution < 1.29 is 13.2 Å². The number of ketones is 1. The zero-order chi connectivity index (χ0) is 22.3. The summed E-state index contributed by atoms with van der Waals surface area (Å²) < 4.78 is 23.1. The van der Waals surface area contributed by atoms with Crippen LogP contribution in [0, 0.1) is 23.7 Å². The van der Waals surface area contributed by atoms with Crippen molar-refractivity contribution >= 4 is 32.4 Å². The second-order valence-corrected chi connectivity index (χ2v) is 11.1. The summed E-state index contributed by atoms with van der Waals surface area (Å²) in [7, 11) is -3.17. The Morgan fingerprint density at radius 3 is 2.67 bits per heavy atom. The molecule has 30 heavy (non-hydrogen) atoms. The maximum Gasteiger partial charge on any atom is 0.148 e. The Morgan fingerprint density at radius 2 is 2.07 bits per heavy atom. The summed E-state index contributed by atoms with van der Waals surface area (Å²) in [5.41, 5.74) is 2.22. The molecular weight excluding hydrogens is 420 g/mol. The number of rotatable bonds is 11.